The van der Waals surface area contributed by atoms with Gasteiger partial charge in [0.05, 0.1) is 0 Å². The molecule has 0 aliphatic heterocycles. The second-order valence-corrected chi connectivity index (χ2v) is 6.93. The Kier molecular flexibility index (Phi) is 5.58. The van der Waals surface area contributed by atoms with Gasteiger partial charge in [-0.25, -0.2) is 0 Å². The Morgan fingerprint density at radius 2 is 2.04 bits per heavy atom. The highest BCUT2D eigenvalue weighted by atomic mass is 79.9. The fourth-order valence-corrected chi connectivity index (χ4v) is 3.28. The van der Waals surface area contributed by atoms with E-state index in [1.807, 2.05) is 24.3 Å². The molecule has 3 N–H and O–H groups in total. The molecule has 2 unspecified atom stereocenters. The maximum atomic E-state index is 12.3. The largest absolute Gasteiger partial charge is 0.486 e. The third-order valence-electron chi connectivity index (χ3n) is 4.36. The molecule has 1 aromatic heterocycles. The number of amides is 1. The molecule has 1 aliphatic rings. The summed E-state index contributed by atoms with van der Waals surface area (Å²) in [5, 5.41) is 3.03. The molecule has 0 bridgehead atoms. The fourth-order valence-electron chi connectivity index (χ4n) is 3.01. The van der Waals surface area contributed by atoms with Crippen LogP contribution in [-0.2, 0) is 6.61 Å². The van der Waals surface area contributed by atoms with Crippen molar-refractivity contribution in [2.45, 2.75) is 31.9 Å². The van der Waals surface area contributed by atoms with Crippen molar-refractivity contribution in [3.63, 3.8) is 0 Å². The summed E-state index contributed by atoms with van der Waals surface area (Å²) in [5.74, 6) is 1.86. The number of hydrogen-bond donors (Lipinski definition) is 2. The Balaban J connectivity index is 1.54. The van der Waals surface area contributed by atoms with E-state index in [0.29, 0.717) is 24.0 Å². The van der Waals surface area contributed by atoms with Crippen LogP contribution < -0.4 is 15.8 Å². The van der Waals surface area contributed by atoms with Gasteiger partial charge in [-0.3, -0.25) is 4.79 Å². The van der Waals surface area contributed by atoms with Gasteiger partial charge in [0, 0.05) is 10.5 Å². The summed E-state index contributed by atoms with van der Waals surface area (Å²) in [6, 6.07) is 11.2. The van der Waals surface area contributed by atoms with E-state index >= 15 is 0 Å². The quantitative estimate of drug-likeness (QED) is 0.788. The van der Waals surface area contributed by atoms with Crippen molar-refractivity contribution in [1.29, 1.82) is 0 Å². The first-order valence-electron chi connectivity index (χ1n) is 8.13. The van der Waals surface area contributed by atoms with Crippen LogP contribution in [0.4, 0.5) is 0 Å². The molecule has 2 atom stereocenters. The molecular formula is C18H21BrN2O3. The number of nitrogens with one attached hydrogen (secondary N) is 1. The predicted molar refractivity (Wildman–Crippen MR) is 94.8 cm³/mol. The molecule has 1 aromatic carbocycles. The van der Waals surface area contributed by atoms with Crippen LogP contribution in [0.5, 0.6) is 5.75 Å². The number of halogens is 1. The van der Waals surface area contributed by atoms with Gasteiger partial charge < -0.3 is 20.2 Å². The van der Waals surface area contributed by atoms with Gasteiger partial charge in [0.25, 0.3) is 5.91 Å². The van der Waals surface area contributed by atoms with Crippen LogP contribution in [0.25, 0.3) is 0 Å². The van der Waals surface area contributed by atoms with Crippen molar-refractivity contribution in [3.8, 4) is 5.75 Å². The molecule has 3 rings (SSSR count). The minimum Gasteiger partial charge on any atom is -0.486 e. The summed E-state index contributed by atoms with van der Waals surface area (Å²) < 4.78 is 12.2. The minimum atomic E-state index is -0.185. The Morgan fingerprint density at radius 1 is 1.25 bits per heavy atom. The summed E-state index contributed by atoms with van der Waals surface area (Å²) in [6.07, 6.45) is 3.16. The third-order valence-corrected chi connectivity index (χ3v) is 4.89. The lowest BCUT2D eigenvalue weighted by Crippen LogP contribution is -2.39. The third kappa shape index (κ3) is 4.19. The summed E-state index contributed by atoms with van der Waals surface area (Å²) in [6.45, 7) is 0.888. The first kappa shape index (κ1) is 17.0. The molecule has 5 nitrogen and oxygen atoms in total. The van der Waals surface area contributed by atoms with E-state index in [1.54, 1.807) is 12.1 Å². The highest BCUT2D eigenvalue weighted by Crippen LogP contribution is 2.25. The smallest absolute Gasteiger partial charge is 0.287 e. The van der Waals surface area contributed by atoms with Gasteiger partial charge in [0.2, 0.25) is 0 Å². The number of nitrogens with two attached hydrogens (primary N) is 1. The lowest BCUT2D eigenvalue weighted by molar-refractivity contribution is 0.0896. The molecule has 1 saturated carbocycles. The average Bonchev–Trinajstić information content (AvgIpc) is 3.23. The van der Waals surface area contributed by atoms with Crippen molar-refractivity contribution in [3.05, 3.63) is 52.4 Å². The normalized spacial score (nSPS) is 20.1. The zero-order valence-corrected chi connectivity index (χ0v) is 14.9. The van der Waals surface area contributed by atoms with Crippen LogP contribution in [0, 0.1) is 5.92 Å². The average molecular weight is 393 g/mol. The summed E-state index contributed by atoms with van der Waals surface area (Å²) >= 11 is 3.38. The second-order valence-electron chi connectivity index (χ2n) is 6.02. The van der Waals surface area contributed by atoms with Gasteiger partial charge in [-0.2, -0.15) is 0 Å². The number of benzene rings is 1. The molecule has 128 valence electrons. The Hall–Kier alpha value is -1.79. The second kappa shape index (κ2) is 7.85. The van der Waals surface area contributed by atoms with Crippen LogP contribution in [0.2, 0.25) is 0 Å². The summed E-state index contributed by atoms with van der Waals surface area (Å²) in [7, 11) is 0. The van der Waals surface area contributed by atoms with E-state index in [0.717, 1.165) is 29.5 Å². The van der Waals surface area contributed by atoms with Crippen molar-refractivity contribution in [1.82, 2.24) is 5.32 Å². The fraction of sp³-hybridized carbons (Fsp3) is 0.389. The molecule has 24 heavy (non-hydrogen) atoms. The van der Waals surface area contributed by atoms with Crippen molar-refractivity contribution in [2.75, 3.05) is 6.54 Å². The van der Waals surface area contributed by atoms with E-state index in [2.05, 4.69) is 21.2 Å². The monoisotopic (exact) mass is 392 g/mol. The topological polar surface area (TPSA) is 77.5 Å². The molecule has 1 fully saturated rings. The molecule has 1 amide bonds. The molecule has 1 heterocycles. The van der Waals surface area contributed by atoms with E-state index in [1.165, 1.54) is 0 Å². The van der Waals surface area contributed by atoms with Crippen molar-refractivity contribution >= 4 is 21.8 Å². The van der Waals surface area contributed by atoms with Gasteiger partial charge in [-0.05, 0) is 61.7 Å². The standard InChI is InChI=1S/C18H21BrN2O3/c19-13-4-6-14(7-5-13)23-11-15-8-9-17(24-15)18(22)21-16-3-1-2-12(16)10-20/h4-9,12,16H,1-3,10-11,20H2,(H,21,22). The van der Waals surface area contributed by atoms with E-state index in [9.17, 15) is 4.79 Å². The molecule has 0 spiro atoms. The number of ether oxygens (including phenoxy) is 1. The van der Waals surface area contributed by atoms with Crippen LogP contribution in [0.3, 0.4) is 0 Å². The maximum absolute atomic E-state index is 12.3. The lowest BCUT2D eigenvalue weighted by atomic mass is 10.0. The molecule has 0 radical (unpaired) electrons. The molecule has 0 saturated heterocycles. The van der Waals surface area contributed by atoms with Crippen LogP contribution in [0.1, 0.15) is 35.6 Å². The van der Waals surface area contributed by atoms with Gasteiger partial charge in [0.15, 0.2) is 5.76 Å². The number of furan rings is 1. The molecular weight excluding hydrogens is 372 g/mol. The van der Waals surface area contributed by atoms with Crippen LogP contribution in [0.15, 0.2) is 45.3 Å². The lowest BCUT2D eigenvalue weighted by Gasteiger charge is -2.18. The van der Waals surface area contributed by atoms with Gasteiger partial charge in [0.1, 0.15) is 18.1 Å². The first-order valence-corrected chi connectivity index (χ1v) is 8.93. The minimum absolute atomic E-state index is 0.148. The molecule has 1 aliphatic carbocycles. The van der Waals surface area contributed by atoms with Crippen molar-refractivity contribution in [2.24, 2.45) is 11.7 Å². The number of rotatable bonds is 6. The maximum Gasteiger partial charge on any atom is 0.287 e. The zero-order valence-electron chi connectivity index (χ0n) is 13.3. The Labute approximate surface area is 149 Å². The van der Waals surface area contributed by atoms with E-state index < -0.39 is 0 Å². The van der Waals surface area contributed by atoms with Gasteiger partial charge in [-0.15, -0.1) is 0 Å². The summed E-state index contributed by atoms with van der Waals surface area (Å²) in [5.41, 5.74) is 5.75. The molecule has 2 aromatic rings. The number of carbonyl (C=O) groups is 1. The number of hydrogen-bond acceptors (Lipinski definition) is 4. The van der Waals surface area contributed by atoms with Gasteiger partial charge >= 0.3 is 0 Å². The highest BCUT2D eigenvalue weighted by Gasteiger charge is 2.28. The van der Waals surface area contributed by atoms with Crippen molar-refractivity contribution < 1.29 is 13.9 Å². The Morgan fingerprint density at radius 3 is 2.79 bits per heavy atom. The van der Waals surface area contributed by atoms with E-state index in [-0.39, 0.29) is 18.6 Å². The SMILES string of the molecule is NCC1CCCC1NC(=O)c1ccc(COc2ccc(Br)cc2)o1. The van der Waals surface area contributed by atoms with Gasteiger partial charge in [-0.1, -0.05) is 22.4 Å². The zero-order chi connectivity index (χ0) is 16.9. The van der Waals surface area contributed by atoms with Crippen LogP contribution in [-0.4, -0.2) is 18.5 Å². The highest BCUT2D eigenvalue weighted by molar-refractivity contribution is 9.10. The first-order chi connectivity index (χ1) is 11.7. The Bertz CT molecular complexity index is 684. The van der Waals surface area contributed by atoms with Crippen LogP contribution >= 0.6 is 15.9 Å². The predicted octanol–water partition coefficient (Wildman–Crippen LogP) is 3.48. The summed E-state index contributed by atoms with van der Waals surface area (Å²) in [4.78, 5) is 12.3. The number of carbonyl (C=O) groups excluding carboxylic acids is 1. The van der Waals surface area contributed by atoms with E-state index in [4.69, 9.17) is 14.9 Å². The molecule has 6 heteroatoms.